The number of carbonyl (C=O) groups is 1. The highest BCUT2D eigenvalue weighted by atomic mass is 32.2. The molecule has 1 heterocycles. The summed E-state index contributed by atoms with van der Waals surface area (Å²) in [5, 5.41) is 12.6. The van der Waals surface area contributed by atoms with E-state index in [1.165, 1.54) is 31.0 Å². The molecule has 158 valence electrons. The van der Waals surface area contributed by atoms with Crippen molar-refractivity contribution >= 4 is 17.7 Å². The van der Waals surface area contributed by atoms with Crippen LogP contribution in [0.3, 0.4) is 0 Å². The highest BCUT2D eigenvalue weighted by molar-refractivity contribution is 7.99. The van der Waals surface area contributed by atoms with Gasteiger partial charge in [-0.3, -0.25) is 4.79 Å². The van der Waals surface area contributed by atoms with Gasteiger partial charge in [0.05, 0.1) is 20.0 Å². The second-order valence-electron chi connectivity index (χ2n) is 7.20. The molecule has 0 spiro atoms. The van der Waals surface area contributed by atoms with Crippen molar-refractivity contribution in [2.75, 3.05) is 20.0 Å². The van der Waals surface area contributed by atoms with E-state index in [2.05, 4.69) is 27.0 Å². The molecule has 0 unspecified atom stereocenters. The van der Waals surface area contributed by atoms with Crippen LogP contribution in [0, 0.1) is 0 Å². The third-order valence-corrected chi connectivity index (χ3v) is 6.19. The van der Waals surface area contributed by atoms with Gasteiger partial charge in [0.25, 0.3) is 0 Å². The first-order valence-electron chi connectivity index (χ1n) is 10.2. The number of nitrogens with zero attached hydrogens (tertiary/aromatic N) is 3. The van der Waals surface area contributed by atoms with Crippen LogP contribution < -0.4 is 14.8 Å². The number of aromatic nitrogens is 3. The van der Waals surface area contributed by atoms with Crippen molar-refractivity contribution in [1.29, 1.82) is 0 Å². The molecule has 3 rings (SSSR count). The molecule has 29 heavy (non-hydrogen) atoms. The predicted molar refractivity (Wildman–Crippen MR) is 114 cm³/mol. The lowest BCUT2D eigenvalue weighted by Gasteiger charge is -2.22. The molecule has 0 saturated heterocycles. The van der Waals surface area contributed by atoms with E-state index in [0.717, 1.165) is 35.9 Å². The maximum Gasteiger partial charge on any atom is 0.230 e. The molecule has 7 nitrogen and oxygen atoms in total. The lowest BCUT2D eigenvalue weighted by Crippen LogP contribution is -2.37. The van der Waals surface area contributed by atoms with E-state index in [1.807, 2.05) is 18.2 Å². The Morgan fingerprint density at radius 1 is 1.17 bits per heavy atom. The summed E-state index contributed by atoms with van der Waals surface area (Å²) in [6.45, 7) is 2.82. The van der Waals surface area contributed by atoms with Gasteiger partial charge in [-0.2, -0.15) is 0 Å². The summed E-state index contributed by atoms with van der Waals surface area (Å²) in [7, 11) is 3.25. The predicted octanol–water partition coefficient (Wildman–Crippen LogP) is 3.45. The summed E-state index contributed by atoms with van der Waals surface area (Å²) in [4.78, 5) is 12.3. The van der Waals surface area contributed by atoms with Crippen LogP contribution in [0.15, 0.2) is 23.4 Å². The minimum atomic E-state index is 0.0778. The van der Waals surface area contributed by atoms with E-state index in [9.17, 15) is 4.79 Å². The fourth-order valence-electron chi connectivity index (χ4n) is 3.69. The average molecular weight is 419 g/mol. The fraction of sp³-hybridized carbons (Fsp3) is 0.571. The Morgan fingerprint density at radius 2 is 1.93 bits per heavy atom. The van der Waals surface area contributed by atoms with E-state index in [-0.39, 0.29) is 5.91 Å². The number of ether oxygens (including phenoxy) is 2. The van der Waals surface area contributed by atoms with Crippen molar-refractivity contribution in [3.8, 4) is 11.5 Å². The summed E-state index contributed by atoms with van der Waals surface area (Å²) in [5.41, 5.74) is 1.07. The molecule has 1 aliphatic carbocycles. The Balaban J connectivity index is 1.61. The van der Waals surface area contributed by atoms with E-state index in [1.54, 1.807) is 14.2 Å². The molecule has 0 bridgehead atoms. The number of hydrogen-bond acceptors (Lipinski definition) is 6. The van der Waals surface area contributed by atoms with Crippen molar-refractivity contribution < 1.29 is 14.3 Å². The maximum absolute atomic E-state index is 12.3. The van der Waals surface area contributed by atoms with E-state index < -0.39 is 0 Å². The minimum Gasteiger partial charge on any atom is -0.493 e. The number of hydrogen-bond donors (Lipinski definition) is 1. The van der Waals surface area contributed by atoms with Crippen LogP contribution in [0.25, 0.3) is 0 Å². The second kappa shape index (κ2) is 10.5. The van der Waals surface area contributed by atoms with Crippen molar-refractivity contribution in [3.63, 3.8) is 0 Å². The monoisotopic (exact) mass is 418 g/mol. The summed E-state index contributed by atoms with van der Waals surface area (Å²) < 4.78 is 12.8. The van der Waals surface area contributed by atoms with Gasteiger partial charge in [-0.1, -0.05) is 37.1 Å². The maximum atomic E-state index is 12.3. The summed E-state index contributed by atoms with van der Waals surface area (Å²) in [5.74, 6) is 2.71. The van der Waals surface area contributed by atoms with Gasteiger partial charge in [0, 0.05) is 19.0 Å². The molecule has 1 aromatic heterocycles. The van der Waals surface area contributed by atoms with Gasteiger partial charge in [-0.05, 0) is 37.5 Å². The average Bonchev–Trinajstić information content (AvgIpc) is 3.14. The smallest absolute Gasteiger partial charge is 0.230 e. The standard InChI is InChI=1S/C21H30N4O3S/c1-4-25-19(13-15-10-11-17(27-2)18(12-15)28-3)23-24-21(25)29-14-20(26)22-16-8-6-5-7-9-16/h10-12,16H,4-9,13-14H2,1-3H3,(H,22,26). The van der Waals surface area contributed by atoms with Gasteiger partial charge in [-0.15, -0.1) is 10.2 Å². The van der Waals surface area contributed by atoms with Crippen LogP contribution in [0.2, 0.25) is 0 Å². The van der Waals surface area contributed by atoms with E-state index in [0.29, 0.717) is 29.7 Å². The fourth-order valence-corrected chi connectivity index (χ4v) is 4.53. The summed E-state index contributed by atoms with van der Waals surface area (Å²) in [6.07, 6.45) is 6.52. The summed E-state index contributed by atoms with van der Waals surface area (Å²) in [6, 6.07) is 6.19. The number of benzene rings is 1. The Hall–Kier alpha value is -2.22. The number of rotatable bonds is 9. The third-order valence-electron chi connectivity index (χ3n) is 5.22. The number of amides is 1. The molecule has 1 amide bonds. The van der Waals surface area contributed by atoms with Crippen molar-refractivity contribution in [1.82, 2.24) is 20.1 Å². The summed E-state index contributed by atoms with van der Waals surface area (Å²) >= 11 is 1.45. The van der Waals surface area contributed by atoms with E-state index in [4.69, 9.17) is 9.47 Å². The van der Waals surface area contributed by atoms with Crippen LogP contribution in [-0.4, -0.2) is 46.7 Å². The van der Waals surface area contributed by atoms with Crippen LogP contribution in [0.1, 0.15) is 50.4 Å². The molecule has 1 saturated carbocycles. The Bertz CT molecular complexity index is 818. The Kier molecular flexibility index (Phi) is 7.80. The van der Waals surface area contributed by atoms with Crippen molar-refractivity contribution in [2.24, 2.45) is 0 Å². The molecule has 1 aliphatic rings. The lowest BCUT2D eigenvalue weighted by atomic mass is 9.95. The Morgan fingerprint density at radius 3 is 2.62 bits per heavy atom. The first-order valence-corrected chi connectivity index (χ1v) is 11.2. The zero-order valence-electron chi connectivity index (χ0n) is 17.4. The van der Waals surface area contributed by atoms with Crippen molar-refractivity contribution in [3.05, 3.63) is 29.6 Å². The molecule has 1 N–H and O–H groups in total. The van der Waals surface area contributed by atoms with Crippen LogP contribution in [0.5, 0.6) is 11.5 Å². The first-order chi connectivity index (χ1) is 14.1. The topological polar surface area (TPSA) is 78.3 Å². The molecule has 0 atom stereocenters. The molecule has 2 aromatic rings. The lowest BCUT2D eigenvalue weighted by molar-refractivity contribution is -0.119. The SMILES string of the molecule is CCn1c(Cc2ccc(OC)c(OC)c2)nnc1SCC(=O)NC1CCCCC1. The highest BCUT2D eigenvalue weighted by Gasteiger charge is 2.18. The third kappa shape index (κ3) is 5.65. The van der Waals surface area contributed by atoms with Crippen LogP contribution in [0.4, 0.5) is 0 Å². The number of methoxy groups -OCH3 is 2. The second-order valence-corrected chi connectivity index (χ2v) is 8.14. The molecular formula is C21H30N4O3S. The van der Waals surface area contributed by atoms with Gasteiger partial charge in [0.15, 0.2) is 16.7 Å². The minimum absolute atomic E-state index is 0.0778. The van der Waals surface area contributed by atoms with Gasteiger partial charge in [-0.25, -0.2) is 0 Å². The molecule has 0 radical (unpaired) electrons. The van der Waals surface area contributed by atoms with Crippen LogP contribution >= 0.6 is 11.8 Å². The van der Waals surface area contributed by atoms with Gasteiger partial charge >= 0.3 is 0 Å². The van der Waals surface area contributed by atoms with Gasteiger partial charge in [0.2, 0.25) is 5.91 Å². The quantitative estimate of drug-likeness (QED) is 0.629. The van der Waals surface area contributed by atoms with Gasteiger partial charge in [0.1, 0.15) is 5.82 Å². The largest absolute Gasteiger partial charge is 0.493 e. The number of nitrogens with one attached hydrogen (secondary N) is 1. The zero-order valence-corrected chi connectivity index (χ0v) is 18.3. The highest BCUT2D eigenvalue weighted by Crippen LogP contribution is 2.29. The normalized spacial score (nSPS) is 14.6. The van der Waals surface area contributed by atoms with Crippen LogP contribution in [-0.2, 0) is 17.8 Å². The molecule has 1 aromatic carbocycles. The van der Waals surface area contributed by atoms with Crippen molar-refractivity contribution in [2.45, 2.75) is 63.2 Å². The molecule has 0 aliphatic heterocycles. The first kappa shape index (κ1) is 21.5. The zero-order chi connectivity index (χ0) is 20.6. The Labute approximate surface area is 176 Å². The van der Waals surface area contributed by atoms with E-state index >= 15 is 0 Å². The molecular weight excluding hydrogens is 388 g/mol. The number of thioether (sulfide) groups is 1. The van der Waals surface area contributed by atoms with Gasteiger partial charge < -0.3 is 19.4 Å². The molecule has 8 heteroatoms. The number of carbonyl (C=O) groups excluding carboxylic acids is 1. The molecule has 1 fully saturated rings.